The number of fused-ring (bicyclic) bond motifs is 1. The highest BCUT2D eigenvalue weighted by molar-refractivity contribution is 5.42. The Kier molecular flexibility index (Phi) is 4.32. The minimum atomic E-state index is -0.655. The smallest absolute Gasteiger partial charge is 0.0756 e. The van der Waals surface area contributed by atoms with Gasteiger partial charge in [-0.15, -0.1) is 0 Å². The van der Waals surface area contributed by atoms with Gasteiger partial charge in [0.25, 0.3) is 0 Å². The maximum absolute atomic E-state index is 11.3. The van der Waals surface area contributed by atoms with E-state index in [0.717, 1.165) is 38.5 Å². The van der Waals surface area contributed by atoms with E-state index in [2.05, 4.69) is 38.1 Å². The van der Waals surface area contributed by atoms with E-state index in [-0.39, 0.29) is 5.41 Å². The Bertz CT molecular complexity index is 423. The zero-order chi connectivity index (χ0) is 13.9. The zero-order valence-corrected chi connectivity index (χ0v) is 12.3. The first-order valence-corrected chi connectivity index (χ1v) is 7.64. The molecule has 3 N–H and O–H groups in total. The summed E-state index contributed by atoms with van der Waals surface area (Å²) in [6.45, 7) is 4.83. The Labute approximate surface area is 117 Å². The molecule has 106 valence electrons. The average Bonchev–Trinajstić information content (AvgIpc) is 2.80. The van der Waals surface area contributed by atoms with E-state index in [1.165, 1.54) is 11.1 Å². The third-order valence-electron chi connectivity index (χ3n) is 4.92. The van der Waals surface area contributed by atoms with Crippen molar-refractivity contribution in [2.75, 3.05) is 6.54 Å². The summed E-state index contributed by atoms with van der Waals surface area (Å²) in [7, 11) is 0. The highest BCUT2D eigenvalue weighted by Gasteiger charge is 2.52. The topological polar surface area (TPSA) is 46.2 Å². The summed E-state index contributed by atoms with van der Waals surface area (Å²) in [6, 6.07) is 8.52. The van der Waals surface area contributed by atoms with Gasteiger partial charge in [0.05, 0.1) is 5.60 Å². The molecule has 1 aliphatic rings. The Morgan fingerprint density at radius 3 is 2.42 bits per heavy atom. The highest BCUT2D eigenvalue weighted by Crippen LogP contribution is 2.49. The van der Waals surface area contributed by atoms with Gasteiger partial charge in [0.1, 0.15) is 0 Å². The fourth-order valence-electron chi connectivity index (χ4n) is 4.00. The van der Waals surface area contributed by atoms with Crippen molar-refractivity contribution in [3.8, 4) is 0 Å². The van der Waals surface area contributed by atoms with Crippen LogP contribution in [0.4, 0.5) is 0 Å². The number of hydrogen-bond acceptors (Lipinski definition) is 2. The summed E-state index contributed by atoms with van der Waals surface area (Å²) in [4.78, 5) is 0. The monoisotopic (exact) mass is 261 g/mol. The van der Waals surface area contributed by atoms with Gasteiger partial charge in [-0.2, -0.15) is 0 Å². The van der Waals surface area contributed by atoms with Gasteiger partial charge in [-0.25, -0.2) is 0 Å². The number of aryl methyl sites for hydroxylation is 1. The summed E-state index contributed by atoms with van der Waals surface area (Å²) in [5, 5.41) is 11.3. The van der Waals surface area contributed by atoms with Crippen molar-refractivity contribution in [3.63, 3.8) is 0 Å². The van der Waals surface area contributed by atoms with Crippen molar-refractivity contribution in [3.05, 3.63) is 35.4 Å². The zero-order valence-electron chi connectivity index (χ0n) is 12.3. The molecule has 0 spiro atoms. The van der Waals surface area contributed by atoms with Crippen molar-refractivity contribution in [1.29, 1.82) is 0 Å². The molecule has 1 aromatic carbocycles. The Morgan fingerprint density at radius 1 is 1.21 bits per heavy atom. The minimum Gasteiger partial charge on any atom is -0.389 e. The number of benzene rings is 1. The number of hydrogen-bond donors (Lipinski definition) is 2. The summed E-state index contributed by atoms with van der Waals surface area (Å²) in [5.74, 6) is 0. The molecule has 2 nitrogen and oxygen atoms in total. The van der Waals surface area contributed by atoms with E-state index in [0.29, 0.717) is 6.54 Å². The van der Waals surface area contributed by atoms with Gasteiger partial charge in [0, 0.05) is 12.0 Å². The molecule has 0 amide bonds. The molecule has 0 aliphatic heterocycles. The predicted molar refractivity (Wildman–Crippen MR) is 80.3 cm³/mol. The molecule has 2 heteroatoms. The normalized spacial score (nSPS) is 22.5. The molecule has 0 heterocycles. The largest absolute Gasteiger partial charge is 0.389 e. The van der Waals surface area contributed by atoms with Crippen LogP contribution in [-0.4, -0.2) is 17.3 Å². The maximum atomic E-state index is 11.3. The Hall–Kier alpha value is -0.860. The van der Waals surface area contributed by atoms with Crippen LogP contribution in [0.15, 0.2) is 24.3 Å². The van der Waals surface area contributed by atoms with Crippen LogP contribution in [0.5, 0.6) is 0 Å². The first-order valence-electron chi connectivity index (χ1n) is 7.64. The molecule has 0 bridgehead atoms. The van der Waals surface area contributed by atoms with Crippen LogP contribution < -0.4 is 5.73 Å². The average molecular weight is 261 g/mol. The lowest BCUT2D eigenvalue weighted by atomic mass is 9.64. The van der Waals surface area contributed by atoms with Crippen molar-refractivity contribution < 1.29 is 5.11 Å². The van der Waals surface area contributed by atoms with Crippen LogP contribution in [0, 0.1) is 0 Å². The molecule has 0 fully saturated rings. The molecule has 0 saturated heterocycles. The van der Waals surface area contributed by atoms with Crippen molar-refractivity contribution >= 4 is 0 Å². The molecule has 2 rings (SSSR count). The lowest BCUT2D eigenvalue weighted by molar-refractivity contribution is -0.0526. The van der Waals surface area contributed by atoms with Crippen LogP contribution in [-0.2, 0) is 11.8 Å². The van der Waals surface area contributed by atoms with E-state index in [9.17, 15) is 5.11 Å². The third-order valence-corrected chi connectivity index (χ3v) is 4.92. The molecular formula is C17H27NO. The summed E-state index contributed by atoms with van der Waals surface area (Å²) in [6.07, 6.45) is 5.71. The quantitative estimate of drug-likeness (QED) is 0.826. The van der Waals surface area contributed by atoms with Crippen LogP contribution in [0.2, 0.25) is 0 Å². The Morgan fingerprint density at radius 2 is 1.84 bits per heavy atom. The first-order chi connectivity index (χ1) is 9.13. The van der Waals surface area contributed by atoms with E-state index >= 15 is 0 Å². The summed E-state index contributed by atoms with van der Waals surface area (Å²) in [5.41, 5.74) is 7.94. The standard InChI is InChI=1S/C17H27NO/c1-3-10-17(19,11-4-2)16(13-18)12-9-14-7-5-6-8-15(14)16/h5-8,19H,3-4,9-13,18H2,1-2H3. The highest BCUT2D eigenvalue weighted by atomic mass is 16.3. The first kappa shape index (κ1) is 14.5. The van der Waals surface area contributed by atoms with Gasteiger partial charge in [0.15, 0.2) is 0 Å². The molecule has 1 aromatic rings. The molecule has 0 aromatic heterocycles. The lowest BCUT2D eigenvalue weighted by Gasteiger charge is -2.45. The molecule has 19 heavy (non-hydrogen) atoms. The lowest BCUT2D eigenvalue weighted by Crippen LogP contribution is -2.54. The van der Waals surface area contributed by atoms with Crippen molar-refractivity contribution in [1.82, 2.24) is 0 Å². The molecule has 0 radical (unpaired) electrons. The van der Waals surface area contributed by atoms with E-state index in [1.54, 1.807) is 0 Å². The number of aliphatic hydroxyl groups is 1. The summed E-state index contributed by atoms with van der Waals surface area (Å²) < 4.78 is 0. The van der Waals surface area contributed by atoms with Gasteiger partial charge in [0.2, 0.25) is 0 Å². The molecular weight excluding hydrogens is 234 g/mol. The third kappa shape index (κ3) is 2.21. The van der Waals surface area contributed by atoms with E-state index in [1.807, 2.05) is 0 Å². The van der Waals surface area contributed by atoms with Crippen LogP contribution in [0.3, 0.4) is 0 Å². The molecule has 0 saturated carbocycles. The van der Waals surface area contributed by atoms with Gasteiger partial charge < -0.3 is 10.8 Å². The Balaban J connectivity index is 2.48. The van der Waals surface area contributed by atoms with E-state index < -0.39 is 5.60 Å². The SMILES string of the molecule is CCCC(O)(CCC)C1(CN)CCc2ccccc21. The summed E-state index contributed by atoms with van der Waals surface area (Å²) >= 11 is 0. The molecule has 1 aliphatic carbocycles. The predicted octanol–water partition coefficient (Wildman–Crippen LogP) is 3.16. The second-order valence-corrected chi connectivity index (χ2v) is 5.97. The van der Waals surface area contributed by atoms with Gasteiger partial charge >= 0.3 is 0 Å². The number of rotatable bonds is 6. The fraction of sp³-hybridized carbons (Fsp3) is 0.647. The second kappa shape index (κ2) is 5.64. The fourth-order valence-corrected chi connectivity index (χ4v) is 4.00. The van der Waals surface area contributed by atoms with Gasteiger partial charge in [-0.3, -0.25) is 0 Å². The van der Waals surface area contributed by atoms with Crippen LogP contribution >= 0.6 is 0 Å². The maximum Gasteiger partial charge on any atom is 0.0756 e. The van der Waals surface area contributed by atoms with Gasteiger partial charge in [-0.05, 0) is 36.8 Å². The van der Waals surface area contributed by atoms with Crippen molar-refractivity contribution in [2.24, 2.45) is 5.73 Å². The van der Waals surface area contributed by atoms with Gasteiger partial charge in [-0.1, -0.05) is 51.0 Å². The van der Waals surface area contributed by atoms with Crippen LogP contribution in [0.25, 0.3) is 0 Å². The second-order valence-electron chi connectivity index (χ2n) is 5.97. The molecule has 1 unspecified atom stereocenters. The molecule has 1 atom stereocenters. The van der Waals surface area contributed by atoms with Crippen LogP contribution in [0.1, 0.15) is 57.1 Å². The number of nitrogens with two attached hydrogens (primary N) is 1. The van der Waals surface area contributed by atoms with Crippen molar-refractivity contribution in [2.45, 2.75) is 63.4 Å². The van der Waals surface area contributed by atoms with E-state index in [4.69, 9.17) is 5.73 Å². The minimum absolute atomic E-state index is 0.240.